The normalized spacial score (nSPS) is 12.1. The molecule has 0 radical (unpaired) electrons. The fourth-order valence-corrected chi connectivity index (χ4v) is 1.20. The van der Waals surface area contributed by atoms with Crippen molar-refractivity contribution in [2.45, 2.75) is 13.0 Å². The van der Waals surface area contributed by atoms with Gasteiger partial charge in [0.1, 0.15) is 0 Å². The molecule has 1 rings (SSSR count). The van der Waals surface area contributed by atoms with Crippen LogP contribution in [0.15, 0.2) is 23.5 Å². The summed E-state index contributed by atoms with van der Waals surface area (Å²) in [6, 6.07) is 2.35. The first-order chi connectivity index (χ1) is 6.70. The maximum absolute atomic E-state index is 11.3. The predicted octanol–water partition coefficient (Wildman–Crippen LogP) is 1.40. The number of ether oxygens (including phenoxy) is 1. The van der Waals surface area contributed by atoms with Gasteiger partial charge in [-0.2, -0.15) is 0 Å². The van der Waals surface area contributed by atoms with Gasteiger partial charge in [-0.05, 0) is 24.2 Å². The number of esters is 1. The molecule has 1 aromatic rings. The molecule has 5 heteroatoms. The van der Waals surface area contributed by atoms with E-state index in [4.69, 9.17) is 4.74 Å². The molecule has 0 fully saturated rings. The van der Waals surface area contributed by atoms with Crippen LogP contribution in [0.25, 0.3) is 0 Å². The molecule has 0 amide bonds. The highest BCUT2D eigenvalue weighted by molar-refractivity contribution is 5.77. The first-order valence-electron chi connectivity index (χ1n) is 4.31. The van der Waals surface area contributed by atoms with Crippen molar-refractivity contribution in [2.75, 3.05) is 6.61 Å². The monoisotopic (exact) mass is 196 g/mol. The van der Waals surface area contributed by atoms with E-state index in [9.17, 15) is 9.70 Å². The Morgan fingerprint density at radius 1 is 1.71 bits per heavy atom. The molecular formula is C9H12N2O3. The number of aromatic nitrogens is 1. The van der Waals surface area contributed by atoms with Crippen molar-refractivity contribution < 1.29 is 9.53 Å². The Kier molecular flexibility index (Phi) is 3.39. The summed E-state index contributed by atoms with van der Waals surface area (Å²) in [6.07, 6.45) is 1.74. The summed E-state index contributed by atoms with van der Waals surface area (Å²) in [7, 11) is 1.74. The van der Waals surface area contributed by atoms with Crippen LogP contribution in [0, 0.1) is 4.91 Å². The topological polar surface area (TPSA) is 60.7 Å². The van der Waals surface area contributed by atoms with Gasteiger partial charge in [0.2, 0.25) is 6.04 Å². The fraction of sp³-hybridized carbons (Fsp3) is 0.444. The van der Waals surface area contributed by atoms with Gasteiger partial charge in [0, 0.05) is 13.2 Å². The maximum Gasteiger partial charge on any atom is 0.340 e. The van der Waals surface area contributed by atoms with E-state index in [-0.39, 0.29) is 6.61 Å². The molecular weight excluding hydrogens is 184 g/mol. The van der Waals surface area contributed by atoms with Gasteiger partial charge in [-0.1, -0.05) is 0 Å². The van der Waals surface area contributed by atoms with E-state index in [1.54, 1.807) is 36.9 Å². The van der Waals surface area contributed by atoms with Gasteiger partial charge in [0.15, 0.2) is 0 Å². The molecule has 0 saturated heterocycles. The minimum atomic E-state index is -1.06. The molecule has 0 aliphatic carbocycles. The summed E-state index contributed by atoms with van der Waals surface area (Å²) in [4.78, 5) is 21.8. The van der Waals surface area contributed by atoms with Gasteiger partial charge in [-0.3, -0.25) is 0 Å². The molecule has 0 aromatic carbocycles. The number of carbonyl (C=O) groups is 1. The largest absolute Gasteiger partial charge is 0.464 e. The number of hydrogen-bond acceptors (Lipinski definition) is 4. The zero-order chi connectivity index (χ0) is 10.6. The molecule has 0 aliphatic heterocycles. The molecule has 1 aromatic heterocycles. The highest BCUT2D eigenvalue weighted by atomic mass is 16.5. The molecule has 76 valence electrons. The Hall–Kier alpha value is -1.65. The van der Waals surface area contributed by atoms with Crippen LogP contribution in [0.2, 0.25) is 0 Å². The Morgan fingerprint density at radius 2 is 2.43 bits per heavy atom. The van der Waals surface area contributed by atoms with Gasteiger partial charge in [-0.15, -0.1) is 4.91 Å². The first kappa shape index (κ1) is 10.4. The second-order valence-electron chi connectivity index (χ2n) is 2.80. The van der Waals surface area contributed by atoms with Crippen molar-refractivity contribution in [3.05, 3.63) is 28.9 Å². The van der Waals surface area contributed by atoms with E-state index < -0.39 is 12.0 Å². The maximum atomic E-state index is 11.3. The molecule has 1 heterocycles. The Labute approximate surface area is 81.6 Å². The van der Waals surface area contributed by atoms with E-state index >= 15 is 0 Å². The first-order valence-corrected chi connectivity index (χ1v) is 4.31. The Balaban J connectivity index is 2.87. The minimum Gasteiger partial charge on any atom is -0.464 e. The number of aryl methyl sites for hydroxylation is 1. The van der Waals surface area contributed by atoms with Crippen LogP contribution < -0.4 is 0 Å². The third-order valence-corrected chi connectivity index (χ3v) is 1.88. The average Bonchev–Trinajstić information content (AvgIpc) is 2.54. The third-order valence-electron chi connectivity index (χ3n) is 1.88. The third kappa shape index (κ3) is 1.99. The van der Waals surface area contributed by atoms with Gasteiger partial charge < -0.3 is 9.30 Å². The predicted molar refractivity (Wildman–Crippen MR) is 50.6 cm³/mol. The summed E-state index contributed by atoms with van der Waals surface area (Å²) < 4.78 is 6.40. The summed E-state index contributed by atoms with van der Waals surface area (Å²) in [5, 5.41) is 2.76. The average molecular weight is 196 g/mol. The lowest BCUT2D eigenvalue weighted by atomic mass is 10.2. The van der Waals surface area contributed by atoms with E-state index in [0.717, 1.165) is 0 Å². The number of nitrogens with zero attached hydrogens (tertiary/aromatic N) is 2. The Bertz CT molecular complexity index is 333. The van der Waals surface area contributed by atoms with Crippen LogP contribution in [0.3, 0.4) is 0 Å². The van der Waals surface area contributed by atoms with Crippen LogP contribution in [-0.2, 0) is 16.6 Å². The molecule has 0 bridgehead atoms. The lowest BCUT2D eigenvalue weighted by Crippen LogP contribution is -2.16. The van der Waals surface area contributed by atoms with Gasteiger partial charge >= 0.3 is 5.97 Å². The number of rotatable bonds is 4. The van der Waals surface area contributed by atoms with E-state index in [2.05, 4.69) is 5.18 Å². The van der Waals surface area contributed by atoms with E-state index in [1.165, 1.54) is 0 Å². The molecule has 0 spiro atoms. The van der Waals surface area contributed by atoms with Crippen molar-refractivity contribution in [1.29, 1.82) is 0 Å². The second kappa shape index (κ2) is 4.55. The zero-order valence-corrected chi connectivity index (χ0v) is 8.14. The molecule has 0 N–H and O–H groups in total. The smallest absolute Gasteiger partial charge is 0.340 e. The van der Waals surface area contributed by atoms with Gasteiger partial charge in [0.25, 0.3) is 0 Å². The SMILES string of the molecule is CCOC(=O)C(N=O)c1cccn1C. The Morgan fingerprint density at radius 3 is 2.86 bits per heavy atom. The highest BCUT2D eigenvalue weighted by Crippen LogP contribution is 2.18. The van der Waals surface area contributed by atoms with Crippen LogP contribution in [-0.4, -0.2) is 17.1 Å². The van der Waals surface area contributed by atoms with Gasteiger partial charge in [-0.25, -0.2) is 4.79 Å². The summed E-state index contributed by atoms with van der Waals surface area (Å²) in [5.41, 5.74) is 0.540. The van der Waals surface area contributed by atoms with Gasteiger partial charge in [0.05, 0.1) is 12.3 Å². The number of hydrogen-bond donors (Lipinski definition) is 0. The minimum absolute atomic E-state index is 0.245. The van der Waals surface area contributed by atoms with Crippen LogP contribution in [0.1, 0.15) is 18.7 Å². The number of carbonyl (C=O) groups excluding carboxylic acids is 1. The molecule has 14 heavy (non-hydrogen) atoms. The fourth-order valence-electron chi connectivity index (χ4n) is 1.20. The standard InChI is InChI=1S/C9H12N2O3/c1-3-14-9(12)8(10-13)7-5-4-6-11(7)2/h4-6,8H,3H2,1-2H3. The van der Waals surface area contributed by atoms with Crippen LogP contribution >= 0.6 is 0 Å². The van der Waals surface area contributed by atoms with Crippen molar-refractivity contribution >= 4 is 5.97 Å². The summed E-state index contributed by atoms with van der Waals surface area (Å²) in [6.45, 7) is 1.93. The second-order valence-corrected chi connectivity index (χ2v) is 2.80. The molecule has 5 nitrogen and oxygen atoms in total. The van der Waals surface area contributed by atoms with Crippen LogP contribution in [0.5, 0.6) is 0 Å². The molecule has 1 unspecified atom stereocenters. The van der Waals surface area contributed by atoms with E-state index in [0.29, 0.717) is 5.69 Å². The highest BCUT2D eigenvalue weighted by Gasteiger charge is 2.24. The molecule has 0 aliphatic rings. The molecule has 0 saturated carbocycles. The number of nitroso groups, excluding NO2 is 1. The van der Waals surface area contributed by atoms with E-state index in [1.807, 2.05) is 0 Å². The summed E-state index contributed by atoms with van der Waals surface area (Å²) >= 11 is 0. The summed E-state index contributed by atoms with van der Waals surface area (Å²) in [5.74, 6) is -0.607. The van der Waals surface area contributed by atoms with Crippen LogP contribution in [0.4, 0.5) is 0 Å². The lowest BCUT2D eigenvalue weighted by molar-refractivity contribution is -0.144. The van der Waals surface area contributed by atoms with Crippen molar-refractivity contribution in [3.8, 4) is 0 Å². The van der Waals surface area contributed by atoms with Crippen molar-refractivity contribution in [2.24, 2.45) is 12.2 Å². The zero-order valence-electron chi connectivity index (χ0n) is 8.14. The molecule has 1 atom stereocenters. The quantitative estimate of drug-likeness (QED) is 0.540. The lowest BCUT2D eigenvalue weighted by Gasteiger charge is -2.08. The van der Waals surface area contributed by atoms with Crippen molar-refractivity contribution in [1.82, 2.24) is 4.57 Å². The van der Waals surface area contributed by atoms with Crippen molar-refractivity contribution in [3.63, 3.8) is 0 Å².